The van der Waals surface area contributed by atoms with Crippen molar-refractivity contribution in [2.75, 3.05) is 0 Å². The number of aryl methyl sites for hydroxylation is 1. The SMILES string of the molecule is O=P(O)(O)C1CCc2ccccc2C1S(=O)(=O)O. The lowest BCUT2D eigenvalue weighted by atomic mass is 9.91. The molecule has 1 aromatic carbocycles. The van der Waals surface area contributed by atoms with E-state index in [1.807, 2.05) is 0 Å². The van der Waals surface area contributed by atoms with Crippen LogP contribution in [0.3, 0.4) is 0 Å². The number of fused-ring (bicyclic) bond motifs is 1. The van der Waals surface area contributed by atoms with E-state index in [4.69, 9.17) is 0 Å². The summed E-state index contributed by atoms with van der Waals surface area (Å²) in [6.45, 7) is 0. The lowest BCUT2D eigenvalue weighted by Gasteiger charge is -2.31. The van der Waals surface area contributed by atoms with Gasteiger partial charge in [-0.1, -0.05) is 24.3 Å². The lowest BCUT2D eigenvalue weighted by Crippen LogP contribution is -2.31. The first-order valence-corrected chi connectivity index (χ1v) is 8.49. The number of rotatable bonds is 2. The second-order valence-electron chi connectivity index (χ2n) is 4.33. The van der Waals surface area contributed by atoms with Crippen molar-refractivity contribution >= 4 is 17.7 Å². The molecule has 0 aromatic heterocycles. The topological polar surface area (TPSA) is 112 Å². The highest BCUT2D eigenvalue weighted by molar-refractivity contribution is 7.86. The third-order valence-electron chi connectivity index (χ3n) is 3.17. The van der Waals surface area contributed by atoms with Crippen molar-refractivity contribution in [3.63, 3.8) is 0 Å². The van der Waals surface area contributed by atoms with Gasteiger partial charge in [0.1, 0.15) is 5.25 Å². The van der Waals surface area contributed by atoms with Crippen LogP contribution in [0, 0.1) is 0 Å². The van der Waals surface area contributed by atoms with Crippen LogP contribution in [0.15, 0.2) is 24.3 Å². The molecular weight excluding hydrogens is 279 g/mol. The predicted molar refractivity (Wildman–Crippen MR) is 64.9 cm³/mol. The fourth-order valence-corrected chi connectivity index (χ4v) is 5.40. The Bertz CT molecular complexity index is 605. The van der Waals surface area contributed by atoms with E-state index in [9.17, 15) is 27.3 Å². The molecule has 0 spiro atoms. The zero-order valence-corrected chi connectivity index (χ0v) is 11.0. The minimum atomic E-state index is -4.59. The molecule has 6 nitrogen and oxygen atoms in total. The quantitative estimate of drug-likeness (QED) is 0.556. The Labute approximate surface area is 105 Å². The molecule has 2 unspecified atom stereocenters. The minimum Gasteiger partial charge on any atom is -0.324 e. The highest BCUT2D eigenvalue weighted by Crippen LogP contribution is 2.54. The zero-order valence-electron chi connectivity index (χ0n) is 9.30. The van der Waals surface area contributed by atoms with E-state index in [-0.39, 0.29) is 12.0 Å². The van der Waals surface area contributed by atoms with Crippen molar-refractivity contribution in [2.24, 2.45) is 0 Å². The van der Waals surface area contributed by atoms with Crippen LogP contribution in [0.5, 0.6) is 0 Å². The molecule has 8 heteroatoms. The summed E-state index contributed by atoms with van der Waals surface area (Å²) in [5, 5.41) is -1.55. The molecule has 1 aromatic rings. The van der Waals surface area contributed by atoms with Gasteiger partial charge in [0.05, 0.1) is 5.66 Å². The molecule has 3 N–H and O–H groups in total. The van der Waals surface area contributed by atoms with E-state index in [0.29, 0.717) is 12.0 Å². The van der Waals surface area contributed by atoms with E-state index >= 15 is 0 Å². The minimum absolute atomic E-state index is 0.0335. The maximum Gasteiger partial charge on any atom is 0.330 e. The van der Waals surface area contributed by atoms with Gasteiger partial charge in [0, 0.05) is 0 Å². The van der Waals surface area contributed by atoms with Gasteiger partial charge >= 0.3 is 7.60 Å². The van der Waals surface area contributed by atoms with Crippen LogP contribution in [-0.2, 0) is 21.1 Å². The first-order valence-electron chi connectivity index (χ1n) is 5.30. The fourth-order valence-electron chi connectivity index (χ4n) is 2.40. The van der Waals surface area contributed by atoms with Gasteiger partial charge in [-0.25, -0.2) is 0 Å². The van der Waals surface area contributed by atoms with Gasteiger partial charge in [0.15, 0.2) is 0 Å². The average Bonchev–Trinajstić information content (AvgIpc) is 2.24. The van der Waals surface area contributed by atoms with Crippen LogP contribution < -0.4 is 0 Å². The lowest BCUT2D eigenvalue weighted by molar-refractivity contribution is 0.344. The Morgan fingerprint density at radius 1 is 1.22 bits per heavy atom. The van der Waals surface area contributed by atoms with Gasteiger partial charge in [-0.3, -0.25) is 9.12 Å². The molecule has 18 heavy (non-hydrogen) atoms. The third kappa shape index (κ3) is 2.50. The van der Waals surface area contributed by atoms with Crippen LogP contribution >= 0.6 is 7.60 Å². The van der Waals surface area contributed by atoms with Crippen molar-refractivity contribution in [3.8, 4) is 0 Å². The Hall–Kier alpha value is -0.720. The van der Waals surface area contributed by atoms with Crippen molar-refractivity contribution in [1.82, 2.24) is 0 Å². The number of hydrogen-bond acceptors (Lipinski definition) is 3. The molecule has 2 atom stereocenters. The summed E-state index contributed by atoms with van der Waals surface area (Å²) >= 11 is 0. The van der Waals surface area contributed by atoms with Crippen molar-refractivity contribution in [2.45, 2.75) is 23.8 Å². The molecule has 1 aliphatic carbocycles. The molecule has 0 saturated heterocycles. The third-order valence-corrected chi connectivity index (χ3v) is 6.02. The molecule has 0 fully saturated rings. The molecular formula is C10H13O6PS. The summed E-state index contributed by atoms with van der Waals surface area (Å²) in [6.07, 6.45) is 0.420. The summed E-state index contributed by atoms with van der Waals surface area (Å²) in [5.74, 6) is 0. The predicted octanol–water partition coefficient (Wildman–Crippen LogP) is 1.11. The largest absolute Gasteiger partial charge is 0.330 e. The first-order chi connectivity index (χ1) is 8.21. The van der Waals surface area contributed by atoms with Gasteiger partial charge in [-0.15, -0.1) is 0 Å². The van der Waals surface area contributed by atoms with E-state index in [0.717, 1.165) is 0 Å². The van der Waals surface area contributed by atoms with E-state index in [1.54, 1.807) is 18.2 Å². The molecule has 0 amide bonds. The van der Waals surface area contributed by atoms with Crippen LogP contribution in [0.1, 0.15) is 22.8 Å². The molecule has 1 aliphatic rings. The van der Waals surface area contributed by atoms with E-state index in [1.165, 1.54) is 6.07 Å². The van der Waals surface area contributed by atoms with Crippen molar-refractivity contribution in [3.05, 3.63) is 35.4 Å². The van der Waals surface area contributed by atoms with Gasteiger partial charge in [0.2, 0.25) is 0 Å². The highest BCUT2D eigenvalue weighted by Gasteiger charge is 2.46. The molecule has 2 rings (SSSR count). The smallest absolute Gasteiger partial charge is 0.324 e. The molecule has 100 valence electrons. The number of hydrogen-bond donors (Lipinski definition) is 3. The summed E-state index contributed by atoms with van der Waals surface area (Å²) in [4.78, 5) is 18.5. The fraction of sp³-hybridized carbons (Fsp3) is 0.400. The average molecular weight is 292 g/mol. The Kier molecular flexibility index (Phi) is 3.38. The number of benzene rings is 1. The van der Waals surface area contributed by atoms with Crippen molar-refractivity contribution in [1.29, 1.82) is 0 Å². The Balaban J connectivity index is 2.61. The molecule has 0 heterocycles. The van der Waals surface area contributed by atoms with Gasteiger partial charge in [-0.05, 0) is 24.0 Å². The normalized spacial score (nSPS) is 24.6. The summed E-state index contributed by atoms with van der Waals surface area (Å²) in [6, 6.07) is 6.48. The summed E-state index contributed by atoms with van der Waals surface area (Å²) < 4.78 is 43.5. The second-order valence-corrected chi connectivity index (χ2v) is 7.71. The molecule has 0 saturated carbocycles. The van der Waals surface area contributed by atoms with E-state index in [2.05, 4.69) is 0 Å². The Morgan fingerprint density at radius 3 is 2.39 bits per heavy atom. The zero-order chi connectivity index (χ0) is 13.6. The Morgan fingerprint density at radius 2 is 1.83 bits per heavy atom. The second kappa shape index (κ2) is 4.43. The summed E-state index contributed by atoms with van der Waals surface area (Å²) in [5.41, 5.74) is -0.410. The van der Waals surface area contributed by atoms with Crippen LogP contribution in [-0.4, -0.2) is 28.4 Å². The van der Waals surface area contributed by atoms with Crippen LogP contribution in [0.2, 0.25) is 0 Å². The molecule has 0 aliphatic heterocycles. The van der Waals surface area contributed by atoms with Crippen LogP contribution in [0.4, 0.5) is 0 Å². The van der Waals surface area contributed by atoms with Gasteiger partial charge in [-0.2, -0.15) is 8.42 Å². The monoisotopic (exact) mass is 292 g/mol. The maximum absolute atomic E-state index is 11.4. The summed E-state index contributed by atoms with van der Waals surface area (Å²) in [7, 11) is -9.15. The van der Waals surface area contributed by atoms with Crippen molar-refractivity contribution < 1.29 is 27.3 Å². The van der Waals surface area contributed by atoms with Gasteiger partial charge < -0.3 is 9.79 Å². The van der Waals surface area contributed by atoms with Gasteiger partial charge in [0.25, 0.3) is 10.1 Å². The van der Waals surface area contributed by atoms with E-state index < -0.39 is 28.6 Å². The highest BCUT2D eigenvalue weighted by atomic mass is 32.2. The standard InChI is InChI=1S/C10H13O6PS/c11-17(12,13)9-6-5-7-3-1-2-4-8(7)10(9)18(14,15)16/h1-4,9-10H,5-6H2,(H2,11,12,13)(H,14,15,16). The maximum atomic E-state index is 11.4. The molecule has 0 bridgehead atoms. The molecule has 0 radical (unpaired) electrons. The van der Waals surface area contributed by atoms with Crippen LogP contribution in [0.25, 0.3) is 0 Å². The first kappa shape index (κ1) is 13.7.